The van der Waals surface area contributed by atoms with E-state index in [0.717, 1.165) is 66.3 Å². The molecule has 3 aromatic heterocycles. The van der Waals surface area contributed by atoms with E-state index in [9.17, 15) is 4.79 Å². The van der Waals surface area contributed by atoms with E-state index in [1.807, 2.05) is 12.1 Å². The molecule has 9 heteroatoms. The Balaban J connectivity index is 1.72. The number of ether oxygens (including phenoxy) is 1. The molecule has 5 rings (SSSR count). The van der Waals surface area contributed by atoms with Gasteiger partial charge in [0.1, 0.15) is 23.1 Å². The van der Waals surface area contributed by atoms with Gasteiger partial charge in [-0.1, -0.05) is 0 Å². The van der Waals surface area contributed by atoms with Gasteiger partial charge in [-0.25, -0.2) is 4.98 Å². The van der Waals surface area contributed by atoms with Crippen LogP contribution >= 0.6 is 0 Å². The summed E-state index contributed by atoms with van der Waals surface area (Å²) in [7, 11) is 0. The van der Waals surface area contributed by atoms with Crippen LogP contribution in [-0.2, 0) is 9.53 Å². The van der Waals surface area contributed by atoms with Crippen molar-refractivity contribution < 1.29 is 9.53 Å². The highest BCUT2D eigenvalue weighted by molar-refractivity contribution is 6.01. The second-order valence-electron chi connectivity index (χ2n) is 7.38. The van der Waals surface area contributed by atoms with Crippen molar-refractivity contribution in [1.82, 2.24) is 20.2 Å². The molecule has 0 spiro atoms. The summed E-state index contributed by atoms with van der Waals surface area (Å²) in [5.41, 5.74) is 9.01. The number of morpholine rings is 1. The van der Waals surface area contributed by atoms with Crippen LogP contribution in [-0.4, -0.2) is 65.0 Å². The zero-order valence-corrected chi connectivity index (χ0v) is 16.0. The fraction of sp³-hybridized carbons (Fsp3) is 0.400. The van der Waals surface area contributed by atoms with Gasteiger partial charge in [0, 0.05) is 43.5 Å². The Hall–Kier alpha value is -3.20. The number of primary amides is 1. The fourth-order valence-corrected chi connectivity index (χ4v) is 4.25. The van der Waals surface area contributed by atoms with Crippen LogP contribution in [0.1, 0.15) is 12.8 Å². The minimum absolute atomic E-state index is 0.289. The molecule has 29 heavy (non-hydrogen) atoms. The normalized spacial score (nSPS) is 19.8. The first-order valence-electron chi connectivity index (χ1n) is 9.90. The molecule has 3 N–H and O–H groups in total. The summed E-state index contributed by atoms with van der Waals surface area (Å²) >= 11 is 0. The lowest BCUT2D eigenvalue weighted by molar-refractivity contribution is -0.119. The number of carbonyl (C=O) groups is 1. The van der Waals surface area contributed by atoms with Gasteiger partial charge >= 0.3 is 0 Å². The minimum atomic E-state index is -0.304. The van der Waals surface area contributed by atoms with Gasteiger partial charge in [-0.05, 0) is 25.0 Å². The average Bonchev–Trinajstić information content (AvgIpc) is 3.45. The van der Waals surface area contributed by atoms with Crippen LogP contribution in [0.4, 0.5) is 11.5 Å². The number of aromatic amines is 1. The number of H-pyrrole nitrogens is 1. The van der Waals surface area contributed by atoms with Crippen molar-refractivity contribution in [3.63, 3.8) is 0 Å². The maximum absolute atomic E-state index is 12.1. The molecular formula is C20H23N7O2. The standard InChI is InChI=1S/C20H23N7O2/c21-20(28)15-2-1-7-27(15)16-12-17(26-8-10-29-11-9-26)24-18-13(16)3-5-22-19(18)14-4-6-23-25-14/h3-6,12,15H,1-2,7-11H2,(H2,21,28)(H,23,25). The largest absolute Gasteiger partial charge is 0.378 e. The van der Waals surface area contributed by atoms with Gasteiger partial charge in [0.15, 0.2) is 0 Å². The number of aromatic nitrogens is 4. The molecule has 2 aliphatic rings. The fourth-order valence-electron chi connectivity index (χ4n) is 4.25. The molecule has 0 radical (unpaired) electrons. The van der Waals surface area contributed by atoms with Crippen LogP contribution in [0.25, 0.3) is 22.3 Å². The first-order chi connectivity index (χ1) is 14.2. The molecular weight excluding hydrogens is 370 g/mol. The number of nitrogens with one attached hydrogen (secondary N) is 1. The molecule has 5 heterocycles. The number of nitrogens with zero attached hydrogens (tertiary/aromatic N) is 5. The van der Waals surface area contributed by atoms with Crippen molar-refractivity contribution in [2.45, 2.75) is 18.9 Å². The third-order valence-corrected chi connectivity index (χ3v) is 5.67. The van der Waals surface area contributed by atoms with Crippen LogP contribution in [0, 0.1) is 0 Å². The molecule has 2 saturated heterocycles. The zero-order chi connectivity index (χ0) is 19.8. The third-order valence-electron chi connectivity index (χ3n) is 5.67. The maximum Gasteiger partial charge on any atom is 0.240 e. The van der Waals surface area contributed by atoms with E-state index in [4.69, 9.17) is 15.5 Å². The molecule has 3 aromatic rings. The maximum atomic E-state index is 12.1. The first-order valence-corrected chi connectivity index (χ1v) is 9.90. The van der Waals surface area contributed by atoms with Crippen LogP contribution in [0.15, 0.2) is 30.6 Å². The summed E-state index contributed by atoms with van der Waals surface area (Å²) in [5, 5.41) is 8.00. The van der Waals surface area contributed by atoms with Crippen LogP contribution in [0.2, 0.25) is 0 Å². The SMILES string of the molecule is NC(=O)C1CCCN1c1cc(N2CCOCC2)nc2c(-c3ccn[nH]3)nccc12. The lowest BCUT2D eigenvalue weighted by Crippen LogP contribution is -2.41. The highest BCUT2D eigenvalue weighted by Crippen LogP contribution is 2.37. The number of pyridine rings is 2. The van der Waals surface area contributed by atoms with E-state index in [0.29, 0.717) is 13.2 Å². The van der Waals surface area contributed by atoms with Gasteiger partial charge in [-0.15, -0.1) is 0 Å². The molecule has 0 saturated carbocycles. The Bertz CT molecular complexity index is 1030. The lowest BCUT2D eigenvalue weighted by Gasteiger charge is -2.31. The smallest absolute Gasteiger partial charge is 0.240 e. The summed E-state index contributed by atoms with van der Waals surface area (Å²) < 4.78 is 5.50. The van der Waals surface area contributed by atoms with Crippen molar-refractivity contribution >= 4 is 28.3 Å². The topological polar surface area (TPSA) is 113 Å². The Morgan fingerprint density at radius 2 is 2.07 bits per heavy atom. The number of nitrogens with two attached hydrogens (primary N) is 1. The first kappa shape index (κ1) is 17.9. The number of hydrogen-bond acceptors (Lipinski definition) is 7. The van der Waals surface area contributed by atoms with Gasteiger partial charge < -0.3 is 20.3 Å². The third kappa shape index (κ3) is 3.17. The number of rotatable bonds is 4. The summed E-state index contributed by atoms with van der Waals surface area (Å²) in [6.07, 6.45) is 5.17. The van der Waals surface area contributed by atoms with Crippen LogP contribution in [0.3, 0.4) is 0 Å². The van der Waals surface area contributed by atoms with Crippen molar-refractivity contribution in [2.24, 2.45) is 5.73 Å². The van der Waals surface area contributed by atoms with E-state index in [1.165, 1.54) is 0 Å². The molecule has 1 atom stereocenters. The van der Waals surface area contributed by atoms with Crippen LogP contribution < -0.4 is 15.5 Å². The molecule has 150 valence electrons. The summed E-state index contributed by atoms with van der Waals surface area (Å²) in [4.78, 5) is 26.0. The van der Waals surface area contributed by atoms with Gasteiger partial charge in [0.2, 0.25) is 5.91 Å². The highest BCUT2D eigenvalue weighted by atomic mass is 16.5. The number of amides is 1. The predicted molar refractivity (Wildman–Crippen MR) is 110 cm³/mol. The molecule has 0 aliphatic carbocycles. The summed E-state index contributed by atoms with van der Waals surface area (Å²) in [6, 6.07) is 5.61. The second-order valence-corrected chi connectivity index (χ2v) is 7.38. The molecule has 0 aromatic carbocycles. The Morgan fingerprint density at radius 3 is 2.83 bits per heavy atom. The average molecular weight is 393 g/mol. The molecule has 1 amide bonds. The zero-order valence-electron chi connectivity index (χ0n) is 16.0. The Labute approximate surface area is 167 Å². The van der Waals surface area contributed by atoms with Crippen molar-refractivity contribution in [3.05, 3.63) is 30.6 Å². The molecule has 2 fully saturated rings. The molecule has 0 bridgehead atoms. The van der Waals surface area contributed by atoms with Gasteiger partial charge in [-0.3, -0.25) is 14.9 Å². The van der Waals surface area contributed by atoms with Gasteiger partial charge in [-0.2, -0.15) is 5.10 Å². The molecule has 2 aliphatic heterocycles. The van der Waals surface area contributed by atoms with E-state index in [1.54, 1.807) is 12.4 Å². The highest BCUT2D eigenvalue weighted by Gasteiger charge is 2.31. The van der Waals surface area contributed by atoms with E-state index in [2.05, 4.69) is 31.0 Å². The minimum Gasteiger partial charge on any atom is -0.378 e. The number of fused-ring (bicyclic) bond motifs is 1. The number of carbonyl (C=O) groups excluding carboxylic acids is 1. The van der Waals surface area contributed by atoms with Crippen molar-refractivity contribution in [1.29, 1.82) is 0 Å². The van der Waals surface area contributed by atoms with Crippen molar-refractivity contribution in [3.8, 4) is 11.4 Å². The van der Waals surface area contributed by atoms with Crippen molar-refractivity contribution in [2.75, 3.05) is 42.6 Å². The lowest BCUT2D eigenvalue weighted by atomic mass is 10.1. The predicted octanol–water partition coefficient (Wildman–Crippen LogP) is 1.31. The van der Waals surface area contributed by atoms with Gasteiger partial charge in [0.05, 0.1) is 24.6 Å². The summed E-state index contributed by atoms with van der Waals surface area (Å²) in [5.74, 6) is 0.572. The molecule has 1 unspecified atom stereocenters. The van der Waals surface area contributed by atoms with Gasteiger partial charge in [0.25, 0.3) is 0 Å². The Kier molecular flexibility index (Phi) is 4.51. The van der Waals surface area contributed by atoms with E-state index >= 15 is 0 Å². The van der Waals surface area contributed by atoms with E-state index in [-0.39, 0.29) is 11.9 Å². The van der Waals surface area contributed by atoms with Crippen LogP contribution in [0.5, 0.6) is 0 Å². The number of anilines is 2. The van der Waals surface area contributed by atoms with E-state index < -0.39 is 0 Å². The molecule has 9 nitrogen and oxygen atoms in total. The summed E-state index contributed by atoms with van der Waals surface area (Å²) in [6.45, 7) is 3.68. The second kappa shape index (κ2) is 7.32. The quantitative estimate of drug-likeness (QED) is 0.687. The number of hydrogen-bond donors (Lipinski definition) is 2. The monoisotopic (exact) mass is 393 g/mol. The Morgan fingerprint density at radius 1 is 1.21 bits per heavy atom.